The van der Waals surface area contributed by atoms with Crippen LogP contribution in [0.4, 0.5) is 10.1 Å². The average Bonchev–Trinajstić information content (AvgIpc) is 3.62. The van der Waals surface area contributed by atoms with E-state index in [4.69, 9.17) is 9.73 Å². The van der Waals surface area contributed by atoms with Crippen LogP contribution in [0.2, 0.25) is 0 Å². The summed E-state index contributed by atoms with van der Waals surface area (Å²) < 4.78 is 19.4. The molecular weight excluding hydrogens is 527 g/mol. The number of thioether (sulfide) groups is 1. The summed E-state index contributed by atoms with van der Waals surface area (Å²) >= 11 is 1.36. The molecule has 192 valence electrons. The summed E-state index contributed by atoms with van der Waals surface area (Å²) in [5.74, 6) is 0.545. The van der Waals surface area contributed by atoms with Gasteiger partial charge in [-0.25, -0.2) is 9.38 Å². The summed E-state index contributed by atoms with van der Waals surface area (Å²) in [6, 6.07) is 13.9. The maximum atomic E-state index is 13.5. The Bertz CT molecular complexity index is 1060. The first-order chi connectivity index (χ1) is 17.3. The molecular formula is C30H29FFeN2O2S. The van der Waals surface area contributed by atoms with Gasteiger partial charge in [0, 0.05) is 22.0 Å². The maximum Gasteiger partial charge on any atom is 0.233 e. The molecule has 0 saturated heterocycles. The number of carbonyl (C=O) groups is 1. The van der Waals surface area contributed by atoms with Crippen molar-refractivity contribution in [3.63, 3.8) is 0 Å². The second-order valence-electron chi connectivity index (χ2n) is 9.45. The number of benzene rings is 2. The molecule has 2 fully saturated rings. The monoisotopic (exact) mass is 556 g/mol. The van der Waals surface area contributed by atoms with Crippen molar-refractivity contribution in [1.82, 2.24) is 0 Å². The number of rotatable bonds is 5. The number of anilines is 1. The number of nitrogens with zero attached hydrogens (tertiary/aromatic N) is 1. The molecule has 0 bridgehead atoms. The molecule has 1 aliphatic heterocycles. The van der Waals surface area contributed by atoms with Crippen molar-refractivity contribution >= 4 is 29.3 Å². The Morgan fingerprint density at radius 1 is 1.00 bits per heavy atom. The Morgan fingerprint density at radius 2 is 1.70 bits per heavy atom. The molecule has 2 saturated carbocycles. The minimum atomic E-state index is -0.303. The van der Waals surface area contributed by atoms with E-state index < -0.39 is 0 Å². The molecule has 2 aromatic rings. The van der Waals surface area contributed by atoms with Gasteiger partial charge in [0.25, 0.3) is 0 Å². The largest absolute Gasteiger partial charge is 0.475 e. The van der Waals surface area contributed by atoms with E-state index in [0.717, 1.165) is 15.7 Å². The Kier molecular flexibility index (Phi) is 11.1. The predicted octanol–water partition coefficient (Wildman–Crippen LogP) is 6.50. The van der Waals surface area contributed by atoms with Crippen molar-refractivity contribution in [3.8, 4) is 0 Å². The average molecular weight is 556 g/mol. The number of para-hydroxylation sites is 1. The number of aliphatic imine (C=N–C) groups is 1. The molecule has 2 aliphatic carbocycles. The van der Waals surface area contributed by atoms with Crippen LogP contribution >= 0.6 is 11.8 Å². The fourth-order valence-electron chi connectivity index (χ4n) is 3.59. The molecule has 0 aromatic heterocycles. The van der Waals surface area contributed by atoms with Crippen molar-refractivity contribution in [1.29, 1.82) is 0 Å². The molecule has 5 rings (SSSR count). The first-order valence-corrected chi connectivity index (χ1v) is 12.6. The van der Waals surface area contributed by atoms with Gasteiger partial charge in [0.15, 0.2) is 0 Å². The van der Waals surface area contributed by atoms with Crippen LogP contribution in [0.1, 0.15) is 26.3 Å². The van der Waals surface area contributed by atoms with E-state index in [2.05, 4.69) is 26.1 Å². The van der Waals surface area contributed by atoms with Crippen LogP contribution in [-0.4, -0.2) is 24.5 Å². The second-order valence-corrected chi connectivity index (χ2v) is 10.6. The number of carbonyl (C=O) groups excluding carboxylic acids is 1. The van der Waals surface area contributed by atoms with Crippen molar-refractivity contribution in [2.75, 3.05) is 11.9 Å². The molecule has 1 atom stereocenters. The van der Waals surface area contributed by atoms with E-state index in [-0.39, 0.29) is 40.2 Å². The fourth-order valence-corrected chi connectivity index (χ4v) is 4.58. The van der Waals surface area contributed by atoms with Crippen LogP contribution in [0, 0.1) is 73.8 Å². The van der Waals surface area contributed by atoms with Crippen molar-refractivity contribution in [2.24, 2.45) is 10.4 Å². The van der Waals surface area contributed by atoms with Gasteiger partial charge in [-0.1, -0.05) is 39.0 Å². The molecule has 1 heterocycles. The Hall–Kier alpha value is -1.82. The zero-order valence-electron chi connectivity index (χ0n) is 20.9. The number of halogens is 1. The van der Waals surface area contributed by atoms with Crippen molar-refractivity contribution in [3.05, 3.63) is 122 Å². The molecule has 3 aliphatic rings. The Balaban J connectivity index is 0.000000568. The molecule has 0 spiro atoms. The van der Waals surface area contributed by atoms with E-state index in [1.54, 1.807) is 12.5 Å². The van der Waals surface area contributed by atoms with Gasteiger partial charge < -0.3 is 10.1 Å². The molecule has 4 nitrogen and oxygen atoms in total. The van der Waals surface area contributed by atoms with Crippen LogP contribution in [0.25, 0.3) is 0 Å². The third kappa shape index (κ3) is 8.33. The zero-order valence-corrected chi connectivity index (χ0v) is 22.8. The SMILES string of the molecule is CC(C)(C)[C@H]1COC(c2ccccc2NC(=O)[C]2[CH][CH][CH][C]2Sc2cccc(F)c2)=N1.[CH]1[CH][CH][CH][CH]1.[Fe]. The van der Waals surface area contributed by atoms with E-state index in [1.807, 2.05) is 75.3 Å². The topological polar surface area (TPSA) is 50.7 Å². The van der Waals surface area contributed by atoms with Gasteiger partial charge in [0.2, 0.25) is 11.8 Å². The van der Waals surface area contributed by atoms with Crippen molar-refractivity contribution in [2.45, 2.75) is 31.7 Å². The summed E-state index contributed by atoms with van der Waals surface area (Å²) in [6.07, 6.45) is 15.4. The first-order valence-electron chi connectivity index (χ1n) is 11.8. The summed E-state index contributed by atoms with van der Waals surface area (Å²) in [7, 11) is 0. The summed E-state index contributed by atoms with van der Waals surface area (Å²) in [5, 5.41) is 3.76. The number of ether oxygens (including phenoxy) is 1. The normalized spacial score (nSPS) is 19.9. The minimum absolute atomic E-state index is 0. The molecule has 2 aromatic carbocycles. The predicted molar refractivity (Wildman–Crippen MR) is 144 cm³/mol. The number of amides is 1. The smallest absolute Gasteiger partial charge is 0.233 e. The Labute approximate surface area is 236 Å². The van der Waals surface area contributed by atoms with Gasteiger partial charge in [-0.15, -0.1) is 11.8 Å². The van der Waals surface area contributed by atoms with Gasteiger partial charge >= 0.3 is 0 Å². The van der Waals surface area contributed by atoms with Crippen LogP contribution in [0.3, 0.4) is 0 Å². The fraction of sp³-hybridized carbons (Fsp3) is 0.200. The van der Waals surface area contributed by atoms with Gasteiger partial charge in [-0.05, 0) is 87.1 Å². The van der Waals surface area contributed by atoms with Crippen LogP contribution in [0.15, 0.2) is 58.4 Å². The van der Waals surface area contributed by atoms with Crippen LogP contribution < -0.4 is 5.32 Å². The van der Waals surface area contributed by atoms with Crippen molar-refractivity contribution < 1.29 is 31.0 Å². The molecule has 0 unspecified atom stereocenters. The minimum Gasteiger partial charge on any atom is -0.475 e. The van der Waals surface area contributed by atoms with Gasteiger partial charge in [-0.3, -0.25) is 4.79 Å². The second kappa shape index (κ2) is 13.8. The number of hydrogen-bond acceptors (Lipinski definition) is 4. The molecule has 1 amide bonds. The van der Waals surface area contributed by atoms with Gasteiger partial charge in [0.05, 0.1) is 28.5 Å². The summed E-state index contributed by atoms with van der Waals surface area (Å²) in [5.41, 5.74) is 1.40. The van der Waals surface area contributed by atoms with E-state index in [9.17, 15) is 9.18 Å². The first kappa shape index (κ1) is 29.7. The summed E-state index contributed by atoms with van der Waals surface area (Å²) in [4.78, 5) is 18.5. The van der Waals surface area contributed by atoms with E-state index >= 15 is 0 Å². The molecule has 7 heteroatoms. The molecule has 37 heavy (non-hydrogen) atoms. The third-order valence-corrected chi connectivity index (χ3v) is 6.72. The third-order valence-electron chi connectivity index (χ3n) is 5.66. The van der Waals surface area contributed by atoms with Crippen LogP contribution in [-0.2, 0) is 26.6 Å². The maximum absolute atomic E-state index is 13.5. The quantitative estimate of drug-likeness (QED) is 0.428. The molecule has 10 radical (unpaired) electrons. The van der Waals surface area contributed by atoms with Gasteiger partial charge in [-0.2, -0.15) is 0 Å². The summed E-state index contributed by atoms with van der Waals surface area (Å²) in [6.45, 7) is 6.93. The zero-order chi connectivity index (χ0) is 25.5. The Morgan fingerprint density at radius 3 is 2.35 bits per heavy atom. The standard InChI is InChI=1S/C25H24FN2O2S.C5H5.Fe/c1-25(2,3)22-15-30-24(28-22)18-10-4-5-12-20(18)27-23(29)19-11-7-13-21(19)31-17-9-6-8-16(26)14-17;1-2-4-5-3-1;/h4-14,22H,15H2,1-3H3,(H,27,29);1-5H;/t22-;;/m1../s1. The van der Waals surface area contributed by atoms with Gasteiger partial charge in [0.1, 0.15) is 12.4 Å². The van der Waals surface area contributed by atoms with E-state index in [1.165, 1.54) is 23.9 Å². The van der Waals surface area contributed by atoms with Crippen LogP contribution in [0.5, 0.6) is 0 Å². The molecule has 1 N–H and O–H groups in total. The number of hydrogen-bond donors (Lipinski definition) is 1. The van der Waals surface area contributed by atoms with E-state index in [0.29, 0.717) is 24.1 Å². The number of nitrogens with one attached hydrogen (secondary N) is 1.